The third-order valence-corrected chi connectivity index (χ3v) is 2.99. The number of hydrogen-bond donors (Lipinski definition) is 2. The third kappa shape index (κ3) is 2.43. The fraction of sp³-hybridized carbons (Fsp3) is 0.214. The van der Waals surface area contributed by atoms with Crippen LogP contribution in [0.25, 0.3) is 0 Å². The molecule has 0 radical (unpaired) electrons. The monoisotopic (exact) mass is 242 g/mol. The van der Waals surface area contributed by atoms with Gasteiger partial charge in [0.2, 0.25) is 0 Å². The molecule has 2 aromatic rings. The largest absolute Gasteiger partial charge is 0.344 e. The fourth-order valence-electron chi connectivity index (χ4n) is 2.03. The minimum atomic E-state index is 0.657. The van der Waals surface area contributed by atoms with Crippen LogP contribution < -0.4 is 16.2 Å². The molecule has 0 spiro atoms. The summed E-state index contributed by atoms with van der Waals surface area (Å²) >= 11 is 0. The predicted molar refractivity (Wildman–Crippen MR) is 76.0 cm³/mol. The van der Waals surface area contributed by atoms with Crippen LogP contribution in [0.15, 0.2) is 36.5 Å². The fourth-order valence-corrected chi connectivity index (χ4v) is 2.03. The van der Waals surface area contributed by atoms with Crippen LogP contribution in [-0.4, -0.2) is 12.0 Å². The molecule has 18 heavy (non-hydrogen) atoms. The molecule has 0 saturated carbocycles. The molecule has 0 aliphatic carbocycles. The normalized spacial score (nSPS) is 10.2. The van der Waals surface area contributed by atoms with E-state index in [9.17, 15) is 0 Å². The van der Waals surface area contributed by atoms with Crippen LogP contribution in [-0.2, 0) is 0 Å². The number of benzene rings is 1. The number of aryl methyl sites for hydroxylation is 2. The summed E-state index contributed by atoms with van der Waals surface area (Å²) in [4.78, 5) is 6.23. The average molecular weight is 242 g/mol. The minimum Gasteiger partial charge on any atom is -0.344 e. The number of hydrogen-bond acceptors (Lipinski definition) is 4. The van der Waals surface area contributed by atoms with Gasteiger partial charge in [-0.15, -0.1) is 0 Å². The van der Waals surface area contributed by atoms with E-state index in [0.29, 0.717) is 5.82 Å². The van der Waals surface area contributed by atoms with E-state index in [0.717, 1.165) is 5.69 Å². The molecule has 4 heteroatoms. The Kier molecular flexibility index (Phi) is 3.48. The van der Waals surface area contributed by atoms with Crippen molar-refractivity contribution < 1.29 is 0 Å². The summed E-state index contributed by atoms with van der Waals surface area (Å²) in [5, 5.41) is 0. The second-order valence-corrected chi connectivity index (χ2v) is 4.39. The first-order chi connectivity index (χ1) is 8.61. The molecular formula is C14H18N4. The molecule has 3 N–H and O–H groups in total. The third-order valence-electron chi connectivity index (χ3n) is 2.99. The summed E-state index contributed by atoms with van der Waals surface area (Å²) < 4.78 is 0. The van der Waals surface area contributed by atoms with Crippen molar-refractivity contribution in [1.82, 2.24) is 4.98 Å². The summed E-state index contributed by atoms with van der Waals surface area (Å²) in [6, 6.07) is 10.3. The van der Waals surface area contributed by atoms with E-state index in [1.807, 2.05) is 19.2 Å². The lowest BCUT2D eigenvalue weighted by molar-refractivity contribution is 1.15. The van der Waals surface area contributed by atoms with E-state index in [4.69, 9.17) is 5.84 Å². The van der Waals surface area contributed by atoms with E-state index in [-0.39, 0.29) is 0 Å². The zero-order chi connectivity index (χ0) is 13.1. The number of nitrogen functional groups attached to an aromatic ring is 1. The molecule has 1 aromatic carbocycles. The number of anilines is 3. The van der Waals surface area contributed by atoms with Gasteiger partial charge in [-0.2, -0.15) is 0 Å². The van der Waals surface area contributed by atoms with Gasteiger partial charge in [-0.25, -0.2) is 10.8 Å². The minimum absolute atomic E-state index is 0.657. The van der Waals surface area contributed by atoms with E-state index in [1.54, 1.807) is 6.20 Å². The Labute approximate surface area is 107 Å². The maximum Gasteiger partial charge on any atom is 0.141 e. The highest BCUT2D eigenvalue weighted by atomic mass is 15.2. The van der Waals surface area contributed by atoms with Gasteiger partial charge in [-0.1, -0.05) is 17.7 Å². The van der Waals surface area contributed by atoms with Gasteiger partial charge in [-0.05, 0) is 31.5 Å². The number of nitrogens with two attached hydrogens (primary N) is 1. The van der Waals surface area contributed by atoms with Crippen molar-refractivity contribution in [2.75, 3.05) is 17.4 Å². The maximum absolute atomic E-state index is 5.38. The Morgan fingerprint density at radius 3 is 2.61 bits per heavy atom. The van der Waals surface area contributed by atoms with Gasteiger partial charge in [0.25, 0.3) is 0 Å². The van der Waals surface area contributed by atoms with Crippen molar-refractivity contribution in [3.63, 3.8) is 0 Å². The molecule has 2 rings (SSSR count). The molecule has 0 saturated heterocycles. The molecule has 0 bridgehead atoms. The van der Waals surface area contributed by atoms with Gasteiger partial charge >= 0.3 is 0 Å². The highest BCUT2D eigenvalue weighted by molar-refractivity contribution is 5.67. The van der Waals surface area contributed by atoms with Crippen LogP contribution in [0.1, 0.15) is 11.1 Å². The number of pyridine rings is 1. The molecule has 4 nitrogen and oxygen atoms in total. The Morgan fingerprint density at radius 2 is 1.94 bits per heavy atom. The van der Waals surface area contributed by atoms with Crippen LogP contribution in [0.4, 0.5) is 17.2 Å². The van der Waals surface area contributed by atoms with E-state index in [2.05, 4.69) is 47.4 Å². The van der Waals surface area contributed by atoms with E-state index in [1.165, 1.54) is 16.8 Å². The summed E-state index contributed by atoms with van der Waals surface area (Å²) in [6.07, 6.45) is 1.74. The maximum atomic E-state index is 5.38. The van der Waals surface area contributed by atoms with Gasteiger partial charge in [0.05, 0.1) is 0 Å². The SMILES string of the molecule is Cc1ccc(N(C)c2ccnc(NN)c2)c(C)c1. The molecule has 1 aromatic heterocycles. The quantitative estimate of drug-likeness (QED) is 0.642. The zero-order valence-corrected chi connectivity index (χ0v) is 10.9. The Morgan fingerprint density at radius 1 is 1.17 bits per heavy atom. The van der Waals surface area contributed by atoms with Crippen molar-refractivity contribution in [3.05, 3.63) is 47.7 Å². The Hall–Kier alpha value is -2.07. The topological polar surface area (TPSA) is 54.2 Å². The molecule has 0 aliphatic heterocycles. The lowest BCUT2D eigenvalue weighted by Crippen LogP contribution is -2.13. The van der Waals surface area contributed by atoms with Gasteiger partial charge in [0, 0.05) is 30.7 Å². The molecule has 0 fully saturated rings. The highest BCUT2D eigenvalue weighted by Gasteiger charge is 2.07. The van der Waals surface area contributed by atoms with Crippen molar-refractivity contribution in [3.8, 4) is 0 Å². The van der Waals surface area contributed by atoms with Crippen molar-refractivity contribution >= 4 is 17.2 Å². The zero-order valence-electron chi connectivity index (χ0n) is 10.9. The van der Waals surface area contributed by atoms with Crippen LogP contribution >= 0.6 is 0 Å². The summed E-state index contributed by atoms with van der Waals surface area (Å²) in [7, 11) is 2.04. The van der Waals surface area contributed by atoms with Crippen LogP contribution in [0.5, 0.6) is 0 Å². The molecular weight excluding hydrogens is 224 g/mol. The Bertz CT molecular complexity index is 551. The van der Waals surface area contributed by atoms with Crippen molar-refractivity contribution in [2.45, 2.75) is 13.8 Å². The smallest absolute Gasteiger partial charge is 0.141 e. The number of hydrazine groups is 1. The van der Waals surface area contributed by atoms with Crippen LogP contribution in [0.3, 0.4) is 0 Å². The highest BCUT2D eigenvalue weighted by Crippen LogP contribution is 2.27. The molecule has 94 valence electrons. The first kappa shape index (κ1) is 12.4. The summed E-state index contributed by atoms with van der Waals surface area (Å²) in [6.45, 7) is 4.21. The lowest BCUT2D eigenvalue weighted by atomic mass is 10.1. The first-order valence-electron chi connectivity index (χ1n) is 5.85. The predicted octanol–water partition coefficient (Wildman–Crippen LogP) is 2.75. The number of rotatable bonds is 3. The van der Waals surface area contributed by atoms with Gasteiger partial charge in [-0.3, -0.25) is 0 Å². The number of nitrogens with zero attached hydrogens (tertiary/aromatic N) is 2. The average Bonchev–Trinajstić information content (AvgIpc) is 2.38. The number of aromatic nitrogens is 1. The van der Waals surface area contributed by atoms with Gasteiger partial charge in [0.1, 0.15) is 5.82 Å². The van der Waals surface area contributed by atoms with Crippen molar-refractivity contribution in [1.29, 1.82) is 0 Å². The van der Waals surface area contributed by atoms with Gasteiger partial charge in [0.15, 0.2) is 0 Å². The second kappa shape index (κ2) is 5.06. The van der Waals surface area contributed by atoms with Crippen LogP contribution in [0, 0.1) is 13.8 Å². The number of nitrogens with one attached hydrogen (secondary N) is 1. The second-order valence-electron chi connectivity index (χ2n) is 4.39. The Balaban J connectivity index is 2.37. The lowest BCUT2D eigenvalue weighted by Gasteiger charge is -2.22. The van der Waals surface area contributed by atoms with Gasteiger partial charge < -0.3 is 10.3 Å². The molecule has 0 amide bonds. The van der Waals surface area contributed by atoms with E-state index < -0.39 is 0 Å². The summed E-state index contributed by atoms with van der Waals surface area (Å²) in [5.74, 6) is 6.03. The molecule has 0 unspecified atom stereocenters. The molecule has 1 heterocycles. The van der Waals surface area contributed by atoms with Crippen molar-refractivity contribution in [2.24, 2.45) is 5.84 Å². The molecule has 0 aliphatic rings. The summed E-state index contributed by atoms with van der Waals surface area (Å²) in [5.41, 5.74) is 7.30. The molecule has 0 atom stereocenters. The first-order valence-corrected chi connectivity index (χ1v) is 5.85. The van der Waals surface area contributed by atoms with Crippen LogP contribution in [0.2, 0.25) is 0 Å². The van der Waals surface area contributed by atoms with E-state index >= 15 is 0 Å². The standard InChI is InChI=1S/C14H18N4/c1-10-4-5-13(11(2)8-10)18(3)12-6-7-16-14(9-12)17-15/h4-9H,15H2,1-3H3,(H,16,17).